The molecule has 2 aliphatic heterocycles. The molecule has 0 aliphatic carbocycles. The molecule has 2 fully saturated rings. The van der Waals surface area contributed by atoms with E-state index in [-0.39, 0.29) is 11.7 Å². The average molecular weight is 292 g/mol. The van der Waals surface area contributed by atoms with E-state index in [1.807, 2.05) is 11.8 Å². The smallest absolute Gasteiger partial charge is 0.300 e. The number of amides is 2. The molecule has 3 N–H and O–H groups in total. The van der Waals surface area contributed by atoms with Gasteiger partial charge in [0.2, 0.25) is 5.91 Å². The van der Waals surface area contributed by atoms with Crippen molar-refractivity contribution in [2.24, 2.45) is 5.84 Å². The predicted octanol–water partition coefficient (Wildman–Crippen LogP) is -0.00188. The summed E-state index contributed by atoms with van der Waals surface area (Å²) in [6.45, 7) is 5.10. The van der Waals surface area contributed by atoms with Gasteiger partial charge in [0.15, 0.2) is 5.76 Å². The van der Waals surface area contributed by atoms with Gasteiger partial charge in [0.1, 0.15) is 5.76 Å². The first kappa shape index (κ1) is 14.1. The molecule has 1 unspecified atom stereocenters. The van der Waals surface area contributed by atoms with Crippen LogP contribution in [0.5, 0.6) is 0 Å². The lowest BCUT2D eigenvalue weighted by Crippen LogP contribution is -2.50. The average Bonchev–Trinajstić information content (AvgIpc) is 3.02. The molecule has 1 aromatic rings. The van der Waals surface area contributed by atoms with Crippen LogP contribution in [-0.2, 0) is 11.3 Å². The van der Waals surface area contributed by atoms with E-state index < -0.39 is 5.91 Å². The Labute approximate surface area is 123 Å². The topological polar surface area (TPSA) is 91.8 Å². The molecule has 7 heteroatoms. The summed E-state index contributed by atoms with van der Waals surface area (Å²) in [5.41, 5.74) is 3.06. The van der Waals surface area contributed by atoms with Crippen molar-refractivity contribution >= 4 is 11.8 Å². The third-order valence-corrected chi connectivity index (χ3v) is 4.35. The molecule has 1 aromatic heterocycles. The number of nitrogens with zero attached hydrogens (tertiary/aromatic N) is 2. The summed E-state index contributed by atoms with van der Waals surface area (Å²) in [5.74, 6) is 5.94. The van der Waals surface area contributed by atoms with Gasteiger partial charge in [-0.3, -0.25) is 19.9 Å². The maximum absolute atomic E-state index is 11.7. The number of nitrogens with two attached hydrogens (primary N) is 1. The van der Waals surface area contributed by atoms with Crippen LogP contribution >= 0.6 is 0 Å². The highest BCUT2D eigenvalue weighted by Gasteiger charge is 2.35. The van der Waals surface area contributed by atoms with E-state index in [4.69, 9.17) is 10.3 Å². The number of carbonyl (C=O) groups excluding carboxylic acids is 2. The Morgan fingerprint density at radius 3 is 3.10 bits per heavy atom. The molecule has 2 amide bonds. The number of rotatable bonds is 3. The Morgan fingerprint density at radius 2 is 2.33 bits per heavy atom. The standard InChI is InChI=1S/C14H20N4O3/c1-9-10(6-12(21-9)14(20)16-15)7-17-4-5-18-11(8-17)2-3-13(18)19/h6,11H,2-5,7-8,15H2,1H3,(H,16,20). The number of aryl methyl sites for hydroxylation is 1. The number of hydrogen-bond donors (Lipinski definition) is 2. The molecule has 0 aromatic carbocycles. The zero-order valence-corrected chi connectivity index (χ0v) is 12.1. The lowest BCUT2D eigenvalue weighted by Gasteiger charge is -2.37. The first-order chi connectivity index (χ1) is 10.1. The van der Waals surface area contributed by atoms with Gasteiger partial charge in [0.05, 0.1) is 0 Å². The molecule has 2 aliphatic rings. The van der Waals surface area contributed by atoms with Crippen LogP contribution in [0.4, 0.5) is 0 Å². The number of nitrogens with one attached hydrogen (secondary N) is 1. The van der Waals surface area contributed by atoms with Crippen molar-refractivity contribution < 1.29 is 14.0 Å². The van der Waals surface area contributed by atoms with E-state index >= 15 is 0 Å². The molecular formula is C14H20N4O3. The summed E-state index contributed by atoms with van der Waals surface area (Å²) >= 11 is 0. The van der Waals surface area contributed by atoms with Crippen molar-refractivity contribution in [3.05, 3.63) is 23.2 Å². The van der Waals surface area contributed by atoms with Crippen LogP contribution in [0.1, 0.15) is 34.7 Å². The largest absolute Gasteiger partial charge is 0.456 e. The van der Waals surface area contributed by atoms with Crippen LogP contribution < -0.4 is 11.3 Å². The third kappa shape index (κ3) is 2.66. The monoisotopic (exact) mass is 292 g/mol. The van der Waals surface area contributed by atoms with Gasteiger partial charge in [0.25, 0.3) is 0 Å². The summed E-state index contributed by atoms with van der Waals surface area (Å²) in [5, 5.41) is 0. The Morgan fingerprint density at radius 1 is 1.52 bits per heavy atom. The number of furan rings is 1. The van der Waals surface area contributed by atoms with Gasteiger partial charge in [-0.25, -0.2) is 5.84 Å². The lowest BCUT2D eigenvalue weighted by molar-refractivity contribution is -0.130. The van der Waals surface area contributed by atoms with Gasteiger partial charge in [-0.2, -0.15) is 0 Å². The number of hydrogen-bond acceptors (Lipinski definition) is 5. The number of carbonyl (C=O) groups is 2. The van der Waals surface area contributed by atoms with Gasteiger partial charge in [-0.05, 0) is 19.4 Å². The highest BCUT2D eigenvalue weighted by Crippen LogP contribution is 2.25. The van der Waals surface area contributed by atoms with Gasteiger partial charge >= 0.3 is 5.91 Å². The summed E-state index contributed by atoms with van der Waals surface area (Å²) in [6.07, 6.45) is 1.62. The molecule has 2 saturated heterocycles. The van der Waals surface area contributed by atoms with E-state index in [1.165, 1.54) is 0 Å². The zero-order valence-electron chi connectivity index (χ0n) is 12.1. The first-order valence-electron chi connectivity index (χ1n) is 7.20. The minimum absolute atomic E-state index is 0.236. The van der Waals surface area contributed by atoms with Crippen molar-refractivity contribution in [3.8, 4) is 0 Å². The maximum Gasteiger partial charge on any atom is 0.300 e. The van der Waals surface area contributed by atoms with Gasteiger partial charge < -0.3 is 9.32 Å². The molecule has 0 spiro atoms. The van der Waals surface area contributed by atoms with Crippen LogP contribution in [0.3, 0.4) is 0 Å². The van der Waals surface area contributed by atoms with E-state index in [2.05, 4.69) is 10.3 Å². The molecule has 114 valence electrons. The zero-order chi connectivity index (χ0) is 15.0. The third-order valence-electron chi connectivity index (χ3n) is 4.35. The molecule has 0 radical (unpaired) electrons. The lowest BCUT2D eigenvalue weighted by atomic mass is 10.1. The normalized spacial score (nSPS) is 22.5. The van der Waals surface area contributed by atoms with E-state index in [0.29, 0.717) is 12.5 Å². The minimum Gasteiger partial charge on any atom is -0.456 e. The Balaban J connectivity index is 1.66. The van der Waals surface area contributed by atoms with Gasteiger partial charge in [0, 0.05) is 44.2 Å². The summed E-state index contributed by atoms with van der Waals surface area (Å²) in [6, 6.07) is 2.08. The van der Waals surface area contributed by atoms with Crippen LogP contribution in [0.15, 0.2) is 10.5 Å². The fourth-order valence-electron chi connectivity index (χ4n) is 3.17. The molecule has 21 heavy (non-hydrogen) atoms. The number of piperazine rings is 1. The highest BCUT2D eigenvalue weighted by molar-refractivity contribution is 5.91. The summed E-state index contributed by atoms with van der Waals surface area (Å²) in [4.78, 5) is 27.4. The quantitative estimate of drug-likeness (QED) is 0.465. The summed E-state index contributed by atoms with van der Waals surface area (Å²) in [7, 11) is 0. The van der Waals surface area contributed by atoms with Crippen molar-refractivity contribution in [3.63, 3.8) is 0 Å². The second-order valence-electron chi connectivity index (χ2n) is 5.68. The van der Waals surface area contributed by atoms with Crippen molar-refractivity contribution in [1.82, 2.24) is 15.2 Å². The van der Waals surface area contributed by atoms with Crippen LogP contribution in [-0.4, -0.2) is 47.3 Å². The highest BCUT2D eigenvalue weighted by atomic mass is 16.4. The Bertz CT molecular complexity index is 569. The molecular weight excluding hydrogens is 272 g/mol. The molecule has 7 nitrogen and oxygen atoms in total. The van der Waals surface area contributed by atoms with E-state index in [0.717, 1.165) is 43.9 Å². The van der Waals surface area contributed by atoms with Crippen LogP contribution in [0, 0.1) is 6.92 Å². The van der Waals surface area contributed by atoms with Crippen molar-refractivity contribution in [1.29, 1.82) is 0 Å². The molecule has 3 heterocycles. The van der Waals surface area contributed by atoms with Crippen molar-refractivity contribution in [2.75, 3.05) is 19.6 Å². The SMILES string of the molecule is Cc1oc(C(=O)NN)cc1CN1CCN2C(=O)CCC2C1. The fraction of sp³-hybridized carbons (Fsp3) is 0.571. The summed E-state index contributed by atoms with van der Waals surface area (Å²) < 4.78 is 5.43. The Hall–Kier alpha value is -1.86. The van der Waals surface area contributed by atoms with Gasteiger partial charge in [-0.1, -0.05) is 0 Å². The number of fused-ring (bicyclic) bond motifs is 1. The van der Waals surface area contributed by atoms with E-state index in [1.54, 1.807) is 6.07 Å². The second-order valence-corrected chi connectivity index (χ2v) is 5.68. The maximum atomic E-state index is 11.7. The van der Waals surface area contributed by atoms with E-state index in [9.17, 15) is 9.59 Å². The van der Waals surface area contributed by atoms with Crippen molar-refractivity contribution in [2.45, 2.75) is 32.4 Å². The second kappa shape index (κ2) is 5.50. The molecule has 3 rings (SSSR count). The predicted molar refractivity (Wildman–Crippen MR) is 75.1 cm³/mol. The number of nitrogen functional groups attached to an aromatic ring is 1. The molecule has 0 saturated carbocycles. The van der Waals surface area contributed by atoms with Gasteiger partial charge in [-0.15, -0.1) is 0 Å². The molecule has 1 atom stereocenters. The Kier molecular flexibility index (Phi) is 3.69. The van der Waals surface area contributed by atoms with Crippen LogP contribution in [0.25, 0.3) is 0 Å². The van der Waals surface area contributed by atoms with Crippen LogP contribution in [0.2, 0.25) is 0 Å². The fourth-order valence-corrected chi connectivity index (χ4v) is 3.17. The first-order valence-corrected chi connectivity index (χ1v) is 7.20. The molecule has 0 bridgehead atoms. The minimum atomic E-state index is -0.421. The number of hydrazine groups is 1.